The molecule has 0 radical (unpaired) electrons. The molecule has 35 heavy (non-hydrogen) atoms. The minimum atomic E-state index is -0.824. The number of benzene rings is 2. The van der Waals surface area contributed by atoms with Gasteiger partial charge < -0.3 is 10.2 Å². The molecule has 0 saturated heterocycles. The quantitative estimate of drug-likeness (QED) is 0.299. The number of nitro benzene ring substituents is 1. The van der Waals surface area contributed by atoms with Crippen LogP contribution < -0.4 is 5.32 Å². The molecule has 2 aromatic rings. The number of hydrogen-bond acceptors (Lipinski definition) is 6. The molecule has 1 N–H and O–H groups in total. The van der Waals surface area contributed by atoms with E-state index >= 15 is 0 Å². The molecule has 2 unspecified atom stereocenters. The Kier molecular flexibility index (Phi) is 6.00. The lowest BCUT2D eigenvalue weighted by atomic mass is 9.64. The minimum Gasteiger partial charge on any atom is -0.326 e. The number of amides is 1. The maximum absolute atomic E-state index is 13.6. The lowest BCUT2D eigenvalue weighted by Crippen LogP contribution is -2.43. The van der Waals surface area contributed by atoms with Crippen molar-refractivity contribution in [3.8, 4) is 0 Å². The van der Waals surface area contributed by atoms with Crippen LogP contribution in [0.2, 0.25) is 5.02 Å². The number of fused-ring (bicyclic) bond motifs is 2. The Hall–Kier alpha value is -3.26. The lowest BCUT2D eigenvalue weighted by Gasteiger charge is -2.39. The van der Waals surface area contributed by atoms with Crippen molar-refractivity contribution in [1.29, 1.82) is 0 Å². The third-order valence-corrected chi connectivity index (χ3v) is 8.87. The molecule has 8 nitrogen and oxygen atoms in total. The number of anilines is 1. The van der Waals surface area contributed by atoms with Crippen LogP contribution in [0, 0.1) is 40.2 Å². The Morgan fingerprint density at radius 2 is 1.80 bits per heavy atom. The molecule has 0 aliphatic heterocycles. The van der Waals surface area contributed by atoms with Crippen LogP contribution in [0.4, 0.5) is 11.4 Å². The van der Waals surface area contributed by atoms with Crippen LogP contribution in [0.15, 0.2) is 41.6 Å². The van der Waals surface area contributed by atoms with Gasteiger partial charge in [0.25, 0.3) is 5.69 Å². The standard InChI is InChI=1S/C26H28ClN3O5/c1-15-6-8-18(12-16(15)2)28-23(32)26-11-10-25(5,24(26,3)4)21(14-26)29-35-22(31)17-7-9-19(27)20(13-17)30(33)34/h6-9,12-13H,10-11,14H2,1-5H3,(H,28,32)/b29-21-. The summed E-state index contributed by atoms with van der Waals surface area (Å²) in [7, 11) is 0. The van der Waals surface area contributed by atoms with Crippen LogP contribution in [0.1, 0.15) is 61.5 Å². The largest absolute Gasteiger partial charge is 0.365 e. The van der Waals surface area contributed by atoms with Gasteiger partial charge in [-0.25, -0.2) is 4.79 Å². The molecule has 4 rings (SSSR count). The normalized spacial score (nSPS) is 25.5. The Morgan fingerprint density at radius 3 is 2.46 bits per heavy atom. The van der Waals surface area contributed by atoms with Crippen LogP contribution in [-0.2, 0) is 9.63 Å². The fourth-order valence-corrected chi connectivity index (χ4v) is 5.71. The van der Waals surface area contributed by atoms with Gasteiger partial charge in [0.15, 0.2) is 0 Å². The first-order chi connectivity index (χ1) is 16.3. The Morgan fingerprint density at radius 1 is 1.09 bits per heavy atom. The first-order valence-electron chi connectivity index (χ1n) is 11.4. The van der Waals surface area contributed by atoms with Gasteiger partial charge in [0.1, 0.15) is 5.02 Å². The van der Waals surface area contributed by atoms with Gasteiger partial charge in [0.05, 0.1) is 21.6 Å². The highest BCUT2D eigenvalue weighted by Gasteiger charge is 2.71. The molecule has 9 heteroatoms. The Labute approximate surface area is 208 Å². The molecular formula is C26H28ClN3O5. The SMILES string of the molecule is Cc1ccc(NC(=O)C23CCC(C)(/C(=N\OC(=O)c4ccc(Cl)c([N+](=O)[O-])c4)C2)C3(C)C)cc1C. The molecule has 2 aliphatic rings. The smallest absolute Gasteiger partial charge is 0.326 e. The average Bonchev–Trinajstić information content (AvgIpc) is 3.10. The van der Waals surface area contributed by atoms with Gasteiger partial charge in [0.2, 0.25) is 5.91 Å². The molecule has 184 valence electrons. The first kappa shape index (κ1) is 24.9. The van der Waals surface area contributed by atoms with Crippen molar-refractivity contribution in [2.24, 2.45) is 21.4 Å². The monoisotopic (exact) mass is 497 g/mol. The second-order valence-electron chi connectivity index (χ2n) is 10.3. The maximum atomic E-state index is 13.6. The van der Waals surface area contributed by atoms with Crippen molar-refractivity contribution in [1.82, 2.24) is 0 Å². The van der Waals surface area contributed by atoms with E-state index in [2.05, 4.69) is 24.3 Å². The number of carbonyl (C=O) groups is 2. The average molecular weight is 498 g/mol. The summed E-state index contributed by atoms with van der Waals surface area (Å²) >= 11 is 5.83. The highest BCUT2D eigenvalue weighted by molar-refractivity contribution is 6.32. The summed E-state index contributed by atoms with van der Waals surface area (Å²) in [4.78, 5) is 41.9. The zero-order valence-electron chi connectivity index (χ0n) is 20.4. The summed E-state index contributed by atoms with van der Waals surface area (Å²) in [5.41, 5.74) is 1.64. The molecule has 0 spiro atoms. The number of rotatable bonds is 5. The molecule has 2 aromatic carbocycles. The number of aryl methyl sites for hydroxylation is 2. The predicted molar refractivity (Wildman–Crippen MR) is 134 cm³/mol. The lowest BCUT2D eigenvalue weighted by molar-refractivity contribution is -0.384. The van der Waals surface area contributed by atoms with Crippen molar-refractivity contribution in [3.63, 3.8) is 0 Å². The van der Waals surface area contributed by atoms with Crippen LogP contribution in [0.5, 0.6) is 0 Å². The van der Waals surface area contributed by atoms with Crippen molar-refractivity contribution in [2.45, 2.75) is 53.9 Å². The summed E-state index contributed by atoms with van der Waals surface area (Å²) in [5, 5.41) is 18.4. The number of carbonyl (C=O) groups excluding carboxylic acids is 2. The number of nitrogens with one attached hydrogen (secondary N) is 1. The zero-order valence-corrected chi connectivity index (χ0v) is 21.2. The second-order valence-corrected chi connectivity index (χ2v) is 10.7. The van der Waals surface area contributed by atoms with Crippen LogP contribution in [-0.4, -0.2) is 22.5 Å². The molecule has 2 bridgehead atoms. The molecule has 1 amide bonds. The molecule has 2 saturated carbocycles. The minimum absolute atomic E-state index is 0.0276. The molecule has 2 aliphatic carbocycles. The van der Waals surface area contributed by atoms with E-state index in [0.29, 0.717) is 18.6 Å². The van der Waals surface area contributed by atoms with E-state index in [1.165, 1.54) is 12.1 Å². The van der Waals surface area contributed by atoms with Crippen LogP contribution >= 0.6 is 11.6 Å². The van der Waals surface area contributed by atoms with E-state index in [0.717, 1.165) is 29.3 Å². The van der Waals surface area contributed by atoms with Crippen LogP contribution in [0.25, 0.3) is 0 Å². The summed E-state index contributed by atoms with van der Waals surface area (Å²) in [6.07, 6.45) is 1.79. The van der Waals surface area contributed by atoms with E-state index in [4.69, 9.17) is 16.4 Å². The van der Waals surface area contributed by atoms with Gasteiger partial charge in [-0.1, -0.05) is 43.6 Å². The third kappa shape index (κ3) is 3.80. The highest BCUT2D eigenvalue weighted by atomic mass is 35.5. The Balaban J connectivity index is 1.58. The van der Waals surface area contributed by atoms with E-state index < -0.39 is 27.1 Å². The Bertz CT molecular complexity index is 1290. The summed E-state index contributed by atoms with van der Waals surface area (Å²) in [6.45, 7) is 10.2. The highest BCUT2D eigenvalue weighted by Crippen LogP contribution is 2.71. The van der Waals surface area contributed by atoms with Crippen molar-refractivity contribution in [2.75, 3.05) is 5.32 Å². The number of nitrogens with zero attached hydrogens (tertiary/aromatic N) is 2. The van der Waals surface area contributed by atoms with Crippen molar-refractivity contribution < 1.29 is 19.3 Å². The van der Waals surface area contributed by atoms with Gasteiger partial charge in [-0.15, -0.1) is 0 Å². The van der Waals surface area contributed by atoms with E-state index in [-0.39, 0.29) is 22.2 Å². The van der Waals surface area contributed by atoms with Gasteiger partial charge in [0, 0.05) is 23.6 Å². The fraction of sp³-hybridized carbons (Fsp3) is 0.423. The first-order valence-corrected chi connectivity index (χ1v) is 11.8. The van der Waals surface area contributed by atoms with Crippen LogP contribution in [0.3, 0.4) is 0 Å². The maximum Gasteiger partial charge on any atom is 0.365 e. The third-order valence-electron chi connectivity index (χ3n) is 8.55. The molecular weight excluding hydrogens is 470 g/mol. The number of halogens is 1. The van der Waals surface area contributed by atoms with Crippen molar-refractivity contribution in [3.05, 3.63) is 68.2 Å². The number of oxime groups is 1. The van der Waals surface area contributed by atoms with Crippen molar-refractivity contribution >= 4 is 40.6 Å². The van der Waals surface area contributed by atoms with Gasteiger partial charge in [-0.05, 0) is 67.5 Å². The predicted octanol–water partition coefficient (Wildman–Crippen LogP) is 6.23. The fourth-order valence-electron chi connectivity index (χ4n) is 5.52. The van der Waals surface area contributed by atoms with E-state index in [9.17, 15) is 19.7 Å². The van der Waals surface area contributed by atoms with E-state index in [1.807, 2.05) is 39.0 Å². The number of nitro groups is 1. The summed E-state index contributed by atoms with van der Waals surface area (Å²) in [5.74, 6) is -0.894. The van der Waals surface area contributed by atoms with Gasteiger partial charge >= 0.3 is 5.97 Å². The summed E-state index contributed by atoms with van der Waals surface area (Å²) in [6, 6.07) is 9.53. The molecule has 0 heterocycles. The van der Waals surface area contributed by atoms with Gasteiger partial charge in [-0.3, -0.25) is 14.9 Å². The second kappa shape index (κ2) is 8.45. The van der Waals surface area contributed by atoms with E-state index in [1.54, 1.807) is 0 Å². The zero-order chi connectivity index (χ0) is 25.8. The topological polar surface area (TPSA) is 111 Å². The van der Waals surface area contributed by atoms with Gasteiger partial charge in [-0.2, -0.15) is 0 Å². The molecule has 2 atom stereocenters. The molecule has 0 aromatic heterocycles. The molecule has 2 fully saturated rings. The summed E-state index contributed by atoms with van der Waals surface area (Å²) < 4.78 is 0. The number of hydrogen-bond donors (Lipinski definition) is 1.